The first-order chi connectivity index (χ1) is 16.3. The van der Waals surface area contributed by atoms with Crippen molar-refractivity contribution in [3.63, 3.8) is 0 Å². The highest BCUT2D eigenvalue weighted by Crippen LogP contribution is 2.41. The maximum atomic E-state index is 13.1. The molecule has 34 heavy (non-hydrogen) atoms. The number of urea groups is 1. The molecule has 5 rings (SSSR count). The van der Waals surface area contributed by atoms with Crippen LogP contribution in [-0.4, -0.2) is 62.5 Å². The molecule has 1 spiro atoms. The number of benzene rings is 1. The number of hydrogen-bond donors (Lipinski definition) is 1. The van der Waals surface area contributed by atoms with Crippen molar-refractivity contribution in [3.8, 4) is 9.88 Å². The van der Waals surface area contributed by atoms with Crippen molar-refractivity contribution in [2.24, 2.45) is 5.41 Å². The summed E-state index contributed by atoms with van der Waals surface area (Å²) in [5.41, 5.74) is 4.53. The zero-order valence-electron chi connectivity index (χ0n) is 19.6. The van der Waals surface area contributed by atoms with Crippen LogP contribution in [0.15, 0.2) is 23.6 Å². The highest BCUT2D eigenvalue weighted by atomic mass is 32.1. The summed E-state index contributed by atoms with van der Waals surface area (Å²) in [5.74, 6) is -0.00970. The lowest BCUT2D eigenvalue weighted by Gasteiger charge is -2.39. The van der Waals surface area contributed by atoms with Crippen LogP contribution >= 0.6 is 22.9 Å². The second-order valence-electron chi connectivity index (χ2n) is 9.44. The van der Waals surface area contributed by atoms with Crippen molar-refractivity contribution in [2.45, 2.75) is 40.0 Å². The maximum absolute atomic E-state index is 13.1. The number of rotatable bonds is 3. The van der Waals surface area contributed by atoms with Gasteiger partial charge in [-0.3, -0.25) is 4.79 Å². The minimum atomic E-state index is -0.0458. The number of thiazole rings is 1. The number of aryl methyl sites for hydroxylation is 3. The number of piperidine rings is 1. The van der Waals surface area contributed by atoms with Crippen LogP contribution in [0, 0.1) is 26.2 Å². The van der Waals surface area contributed by atoms with E-state index < -0.39 is 0 Å². The molecule has 0 aliphatic carbocycles. The first-order valence-electron chi connectivity index (χ1n) is 11.5. The largest absolute Gasteiger partial charge is 0.337 e. The predicted octanol–water partition coefficient (Wildman–Crippen LogP) is 4.75. The van der Waals surface area contributed by atoms with Gasteiger partial charge in [0, 0.05) is 37.2 Å². The molecule has 3 amide bonds. The molecular weight excluding hydrogens is 468 g/mol. The molecule has 0 saturated carbocycles. The fraction of sp³-hybridized carbons (Fsp3) is 0.458. The highest BCUT2D eigenvalue weighted by Gasteiger charge is 2.43. The van der Waals surface area contributed by atoms with Gasteiger partial charge < -0.3 is 15.1 Å². The fourth-order valence-electron chi connectivity index (χ4n) is 4.91. The van der Waals surface area contributed by atoms with Gasteiger partial charge in [0.2, 0.25) is 0 Å². The minimum absolute atomic E-state index is 0.00970. The molecule has 2 aliphatic rings. The van der Waals surface area contributed by atoms with Gasteiger partial charge in [-0.05, 0) is 68.6 Å². The summed E-state index contributed by atoms with van der Waals surface area (Å²) in [4.78, 5) is 35.3. The fourth-order valence-corrected chi connectivity index (χ4v) is 6.50. The lowest BCUT2D eigenvalue weighted by Crippen LogP contribution is -2.46. The zero-order valence-corrected chi connectivity index (χ0v) is 21.3. The van der Waals surface area contributed by atoms with Gasteiger partial charge >= 0.3 is 6.03 Å². The smallest absolute Gasteiger partial charge is 0.321 e. The number of nitrogens with zero attached hydrogens (tertiary/aromatic N) is 5. The Bertz CT molecular complexity index is 1230. The van der Waals surface area contributed by atoms with Crippen molar-refractivity contribution in [2.75, 3.05) is 31.5 Å². The Hall–Kier alpha value is -2.85. The van der Waals surface area contributed by atoms with Gasteiger partial charge in [-0.25, -0.2) is 9.78 Å². The Balaban J connectivity index is 1.18. The Labute approximate surface area is 207 Å². The molecule has 1 N–H and O–H groups in total. The topological polar surface area (TPSA) is 91.3 Å². The third-order valence-electron chi connectivity index (χ3n) is 7.03. The second-order valence-corrected chi connectivity index (χ2v) is 11.0. The van der Waals surface area contributed by atoms with Crippen LogP contribution < -0.4 is 5.32 Å². The van der Waals surface area contributed by atoms with E-state index in [0.29, 0.717) is 18.8 Å². The van der Waals surface area contributed by atoms with Gasteiger partial charge in [-0.1, -0.05) is 22.2 Å². The van der Waals surface area contributed by atoms with E-state index in [1.807, 2.05) is 48.1 Å². The van der Waals surface area contributed by atoms with Gasteiger partial charge in [0.15, 0.2) is 0 Å². The van der Waals surface area contributed by atoms with E-state index in [4.69, 9.17) is 0 Å². The predicted molar refractivity (Wildman–Crippen MR) is 134 cm³/mol. The number of carbonyl (C=O) groups is 2. The average molecular weight is 497 g/mol. The SMILES string of the molecule is Cc1ccc(NC(=O)N2CCC3(CC2)CCN(C(=O)c2csc(-c4snnc4C)n2)C3)c(C)c1. The molecule has 0 unspecified atom stereocenters. The van der Waals surface area contributed by atoms with Crippen LogP contribution in [0.1, 0.15) is 46.6 Å². The Morgan fingerprint density at radius 3 is 2.47 bits per heavy atom. The molecule has 2 aliphatic heterocycles. The summed E-state index contributed by atoms with van der Waals surface area (Å²) in [6, 6.07) is 6.01. The van der Waals surface area contributed by atoms with Crippen molar-refractivity contribution in [3.05, 3.63) is 46.1 Å². The number of carbonyl (C=O) groups excluding carboxylic acids is 2. The molecule has 0 bridgehead atoms. The van der Waals surface area contributed by atoms with E-state index >= 15 is 0 Å². The molecule has 4 heterocycles. The van der Waals surface area contributed by atoms with Crippen LogP contribution in [0.3, 0.4) is 0 Å². The number of amides is 3. The van der Waals surface area contributed by atoms with Crippen molar-refractivity contribution >= 4 is 40.5 Å². The first-order valence-corrected chi connectivity index (χ1v) is 13.2. The summed E-state index contributed by atoms with van der Waals surface area (Å²) in [7, 11) is 0. The molecule has 2 aromatic heterocycles. The molecule has 2 saturated heterocycles. The molecule has 3 aromatic rings. The normalized spacial score (nSPS) is 17.4. The van der Waals surface area contributed by atoms with Gasteiger partial charge in [0.1, 0.15) is 15.6 Å². The molecule has 0 atom stereocenters. The number of hydrogen-bond acceptors (Lipinski definition) is 7. The highest BCUT2D eigenvalue weighted by molar-refractivity contribution is 7.18. The summed E-state index contributed by atoms with van der Waals surface area (Å²) in [6.45, 7) is 8.84. The van der Waals surface area contributed by atoms with Crippen LogP contribution in [0.5, 0.6) is 0 Å². The maximum Gasteiger partial charge on any atom is 0.321 e. The van der Waals surface area contributed by atoms with Gasteiger partial charge in [-0.2, -0.15) is 0 Å². The third kappa shape index (κ3) is 4.44. The number of nitrogens with one attached hydrogen (secondary N) is 1. The van der Waals surface area contributed by atoms with E-state index in [2.05, 4.69) is 26.0 Å². The monoisotopic (exact) mass is 496 g/mol. The first kappa shape index (κ1) is 22.9. The average Bonchev–Trinajstić information content (AvgIpc) is 3.56. The molecule has 0 radical (unpaired) electrons. The Kier molecular flexibility index (Phi) is 6.11. The lowest BCUT2D eigenvalue weighted by atomic mass is 9.78. The van der Waals surface area contributed by atoms with Crippen LogP contribution in [0.25, 0.3) is 9.88 Å². The second kappa shape index (κ2) is 9.07. The van der Waals surface area contributed by atoms with Crippen molar-refractivity contribution < 1.29 is 9.59 Å². The van der Waals surface area contributed by atoms with E-state index in [0.717, 1.165) is 59.2 Å². The third-order valence-corrected chi connectivity index (χ3v) is 8.85. The Morgan fingerprint density at radius 2 is 1.79 bits per heavy atom. The summed E-state index contributed by atoms with van der Waals surface area (Å²) in [5, 5.41) is 9.73. The summed E-state index contributed by atoms with van der Waals surface area (Å²) >= 11 is 2.77. The summed E-state index contributed by atoms with van der Waals surface area (Å²) < 4.78 is 3.97. The van der Waals surface area contributed by atoms with E-state index in [1.54, 1.807) is 0 Å². The van der Waals surface area contributed by atoms with Crippen molar-refractivity contribution in [1.29, 1.82) is 0 Å². The molecule has 8 nitrogen and oxygen atoms in total. The quantitative estimate of drug-likeness (QED) is 0.565. The van der Waals surface area contributed by atoms with Gasteiger partial charge in [-0.15, -0.1) is 16.4 Å². The van der Waals surface area contributed by atoms with E-state index in [-0.39, 0.29) is 17.4 Å². The number of anilines is 1. The molecule has 1 aromatic carbocycles. The number of aromatic nitrogens is 3. The zero-order chi connectivity index (χ0) is 23.9. The van der Waals surface area contributed by atoms with E-state index in [9.17, 15) is 9.59 Å². The van der Waals surface area contributed by atoms with Crippen LogP contribution in [-0.2, 0) is 0 Å². The molecule has 10 heteroatoms. The molecular formula is C24H28N6O2S2. The lowest BCUT2D eigenvalue weighted by molar-refractivity contribution is 0.0735. The molecule has 178 valence electrons. The minimum Gasteiger partial charge on any atom is -0.337 e. The van der Waals surface area contributed by atoms with Crippen molar-refractivity contribution in [1.82, 2.24) is 24.4 Å². The standard InChI is InChI=1S/C24H28N6O2S2/c1-15-4-5-18(16(2)12-15)26-23(32)29-9-6-24(7-10-29)8-11-30(14-24)22(31)19-13-33-21(25-19)20-17(3)27-28-34-20/h4-5,12-13H,6-11,14H2,1-3H3,(H,26,32). The van der Waals surface area contributed by atoms with Crippen LogP contribution in [0.4, 0.5) is 10.5 Å². The number of likely N-dealkylation sites (tertiary alicyclic amines) is 2. The van der Waals surface area contributed by atoms with Crippen LogP contribution in [0.2, 0.25) is 0 Å². The summed E-state index contributed by atoms with van der Waals surface area (Å²) in [6.07, 6.45) is 2.79. The molecule has 2 fully saturated rings. The van der Waals surface area contributed by atoms with Gasteiger partial charge in [0.05, 0.1) is 5.69 Å². The Morgan fingerprint density at radius 1 is 1.06 bits per heavy atom. The van der Waals surface area contributed by atoms with E-state index in [1.165, 1.54) is 28.4 Å². The van der Waals surface area contributed by atoms with Gasteiger partial charge in [0.25, 0.3) is 5.91 Å².